The molecular formula is C9H18N6O2S. The van der Waals surface area contributed by atoms with Gasteiger partial charge in [0.05, 0.1) is 6.26 Å². The van der Waals surface area contributed by atoms with Gasteiger partial charge in [0.1, 0.15) is 17.5 Å². The summed E-state index contributed by atoms with van der Waals surface area (Å²) in [5.41, 5.74) is 3.27. The number of nitrogens with two attached hydrogens (primary N) is 1. The van der Waals surface area contributed by atoms with Crippen molar-refractivity contribution in [2.75, 3.05) is 30.1 Å². The van der Waals surface area contributed by atoms with Crippen LogP contribution in [0.2, 0.25) is 0 Å². The number of hydrogen-bond donors (Lipinski definition) is 4. The number of hydrogen-bond acceptors (Lipinski definition) is 7. The summed E-state index contributed by atoms with van der Waals surface area (Å²) in [6.45, 7) is 4.28. The number of nitrogen functional groups attached to an aromatic ring is 1. The highest BCUT2D eigenvalue weighted by atomic mass is 32.2. The van der Waals surface area contributed by atoms with Crippen molar-refractivity contribution in [1.29, 1.82) is 0 Å². The molecule has 0 saturated heterocycles. The standard InChI is InChI=1S/C9H18N6O2S/c1-6-8(11-4-5-12-18(3,16)17)13-7(2)14-9(6)15-10/h12H,4-5,10H2,1-3H3,(H2,11,13,14,15). The number of rotatable bonds is 6. The summed E-state index contributed by atoms with van der Waals surface area (Å²) in [6, 6.07) is 0. The fourth-order valence-electron chi connectivity index (χ4n) is 1.36. The zero-order chi connectivity index (χ0) is 13.8. The van der Waals surface area contributed by atoms with Crippen molar-refractivity contribution in [3.63, 3.8) is 0 Å². The molecule has 0 amide bonds. The van der Waals surface area contributed by atoms with Gasteiger partial charge in [-0.3, -0.25) is 0 Å². The molecule has 0 aromatic carbocycles. The number of hydrazine groups is 1. The van der Waals surface area contributed by atoms with Crippen molar-refractivity contribution in [3.05, 3.63) is 11.4 Å². The number of aryl methyl sites for hydroxylation is 1. The van der Waals surface area contributed by atoms with Crippen molar-refractivity contribution >= 4 is 21.7 Å². The van der Waals surface area contributed by atoms with Gasteiger partial charge < -0.3 is 10.7 Å². The van der Waals surface area contributed by atoms with Crippen LogP contribution in [0.3, 0.4) is 0 Å². The molecule has 1 aromatic heterocycles. The molecular weight excluding hydrogens is 256 g/mol. The van der Waals surface area contributed by atoms with E-state index in [0.29, 0.717) is 24.0 Å². The largest absolute Gasteiger partial charge is 0.368 e. The summed E-state index contributed by atoms with van der Waals surface area (Å²) in [5, 5.41) is 3.03. The Kier molecular flexibility index (Phi) is 4.82. The van der Waals surface area contributed by atoms with Gasteiger partial charge in [-0.05, 0) is 13.8 Å². The molecule has 1 heterocycles. The first-order valence-electron chi connectivity index (χ1n) is 5.34. The van der Waals surface area contributed by atoms with Gasteiger partial charge in [-0.2, -0.15) is 0 Å². The lowest BCUT2D eigenvalue weighted by molar-refractivity contribution is 0.589. The molecule has 1 aromatic rings. The number of anilines is 2. The fourth-order valence-corrected chi connectivity index (χ4v) is 1.83. The Hall–Kier alpha value is -1.45. The van der Waals surface area contributed by atoms with Crippen LogP contribution in [0.1, 0.15) is 11.4 Å². The van der Waals surface area contributed by atoms with E-state index in [9.17, 15) is 8.42 Å². The Morgan fingerprint density at radius 3 is 2.33 bits per heavy atom. The molecule has 8 nitrogen and oxygen atoms in total. The monoisotopic (exact) mass is 274 g/mol. The van der Waals surface area contributed by atoms with E-state index in [1.54, 1.807) is 6.92 Å². The third-order valence-electron chi connectivity index (χ3n) is 2.18. The maximum atomic E-state index is 10.9. The van der Waals surface area contributed by atoms with E-state index >= 15 is 0 Å². The molecule has 0 radical (unpaired) electrons. The van der Waals surface area contributed by atoms with Crippen LogP contribution >= 0.6 is 0 Å². The van der Waals surface area contributed by atoms with Crippen molar-refractivity contribution in [3.8, 4) is 0 Å². The highest BCUT2D eigenvalue weighted by Crippen LogP contribution is 2.18. The minimum absolute atomic E-state index is 0.284. The van der Waals surface area contributed by atoms with Crippen molar-refractivity contribution in [2.24, 2.45) is 5.84 Å². The molecule has 5 N–H and O–H groups in total. The second kappa shape index (κ2) is 5.94. The average molecular weight is 274 g/mol. The number of aromatic nitrogens is 2. The van der Waals surface area contributed by atoms with E-state index in [0.717, 1.165) is 11.8 Å². The summed E-state index contributed by atoms with van der Waals surface area (Å²) in [7, 11) is -3.16. The van der Waals surface area contributed by atoms with Crippen LogP contribution in [0.4, 0.5) is 11.6 Å². The third-order valence-corrected chi connectivity index (χ3v) is 2.90. The van der Waals surface area contributed by atoms with E-state index in [1.165, 1.54) is 0 Å². The molecule has 0 bridgehead atoms. The minimum Gasteiger partial charge on any atom is -0.368 e. The number of sulfonamides is 1. The van der Waals surface area contributed by atoms with Gasteiger partial charge >= 0.3 is 0 Å². The topological polar surface area (TPSA) is 122 Å². The van der Waals surface area contributed by atoms with Crippen molar-refractivity contribution in [2.45, 2.75) is 13.8 Å². The summed E-state index contributed by atoms with van der Waals surface area (Å²) in [4.78, 5) is 8.34. The second-order valence-corrected chi connectivity index (χ2v) is 5.66. The Balaban J connectivity index is 2.65. The first kappa shape index (κ1) is 14.6. The van der Waals surface area contributed by atoms with E-state index < -0.39 is 10.0 Å². The lowest BCUT2D eigenvalue weighted by Crippen LogP contribution is -2.28. The van der Waals surface area contributed by atoms with Gasteiger partial charge in [0, 0.05) is 18.7 Å². The number of nitrogens with zero attached hydrogens (tertiary/aromatic N) is 2. The average Bonchev–Trinajstić information content (AvgIpc) is 2.27. The van der Waals surface area contributed by atoms with Crippen LogP contribution in [0.25, 0.3) is 0 Å². The molecule has 0 aliphatic carbocycles. The molecule has 0 spiro atoms. The van der Waals surface area contributed by atoms with E-state index in [2.05, 4.69) is 25.4 Å². The van der Waals surface area contributed by atoms with Crippen molar-refractivity contribution < 1.29 is 8.42 Å². The molecule has 0 saturated carbocycles. The smallest absolute Gasteiger partial charge is 0.208 e. The summed E-state index contributed by atoms with van der Waals surface area (Å²) in [6.07, 6.45) is 1.11. The minimum atomic E-state index is -3.16. The predicted octanol–water partition coefficient (Wildman–Crippen LogP) is -0.660. The molecule has 0 unspecified atom stereocenters. The zero-order valence-electron chi connectivity index (χ0n) is 10.6. The SMILES string of the molecule is Cc1nc(NN)c(C)c(NCCNS(C)(=O)=O)n1. The van der Waals surface area contributed by atoms with Crippen molar-refractivity contribution in [1.82, 2.24) is 14.7 Å². The first-order chi connectivity index (χ1) is 8.33. The van der Waals surface area contributed by atoms with Gasteiger partial charge in [-0.25, -0.2) is 29.0 Å². The molecule has 1 rings (SSSR count). The lowest BCUT2D eigenvalue weighted by atomic mass is 10.3. The van der Waals surface area contributed by atoms with Gasteiger partial charge in [0.2, 0.25) is 10.0 Å². The summed E-state index contributed by atoms with van der Waals surface area (Å²) in [5.74, 6) is 7.09. The van der Waals surface area contributed by atoms with Crippen LogP contribution in [0.15, 0.2) is 0 Å². The maximum Gasteiger partial charge on any atom is 0.208 e. The van der Waals surface area contributed by atoms with Crippen LogP contribution in [-0.4, -0.2) is 37.7 Å². The Labute approximate surface area is 106 Å². The Bertz CT molecular complexity index is 516. The molecule has 9 heteroatoms. The Morgan fingerprint density at radius 2 is 1.78 bits per heavy atom. The predicted molar refractivity (Wildman–Crippen MR) is 70.7 cm³/mol. The van der Waals surface area contributed by atoms with Gasteiger partial charge in [0.25, 0.3) is 0 Å². The van der Waals surface area contributed by atoms with Crippen LogP contribution in [-0.2, 0) is 10.0 Å². The number of nitrogens with one attached hydrogen (secondary N) is 3. The summed E-state index contributed by atoms with van der Waals surface area (Å²) < 4.78 is 24.1. The molecule has 0 fully saturated rings. The first-order valence-corrected chi connectivity index (χ1v) is 7.23. The maximum absolute atomic E-state index is 10.9. The molecule has 18 heavy (non-hydrogen) atoms. The van der Waals surface area contributed by atoms with E-state index in [4.69, 9.17) is 5.84 Å². The zero-order valence-corrected chi connectivity index (χ0v) is 11.4. The van der Waals surface area contributed by atoms with Crippen LogP contribution < -0.4 is 21.3 Å². The quantitative estimate of drug-likeness (QED) is 0.308. The van der Waals surface area contributed by atoms with Gasteiger partial charge in [-0.15, -0.1) is 0 Å². The van der Waals surface area contributed by atoms with Gasteiger partial charge in [0.15, 0.2) is 0 Å². The van der Waals surface area contributed by atoms with E-state index in [-0.39, 0.29) is 6.54 Å². The highest BCUT2D eigenvalue weighted by molar-refractivity contribution is 7.88. The van der Waals surface area contributed by atoms with Gasteiger partial charge in [-0.1, -0.05) is 0 Å². The normalized spacial score (nSPS) is 11.3. The van der Waals surface area contributed by atoms with Crippen LogP contribution in [0.5, 0.6) is 0 Å². The molecule has 0 aliphatic heterocycles. The fraction of sp³-hybridized carbons (Fsp3) is 0.556. The lowest BCUT2D eigenvalue weighted by Gasteiger charge is -2.12. The molecule has 102 valence electrons. The second-order valence-electron chi connectivity index (χ2n) is 3.83. The van der Waals surface area contributed by atoms with E-state index in [1.807, 2.05) is 6.92 Å². The third kappa shape index (κ3) is 4.43. The van der Waals surface area contributed by atoms with Crippen LogP contribution in [0, 0.1) is 13.8 Å². The highest BCUT2D eigenvalue weighted by Gasteiger charge is 2.07. The molecule has 0 atom stereocenters. The molecule has 0 aliphatic rings. The summed E-state index contributed by atoms with van der Waals surface area (Å²) >= 11 is 0. The Morgan fingerprint density at radius 1 is 1.17 bits per heavy atom.